The molecule has 7 heteroatoms. The molecule has 0 atom stereocenters. The molecule has 3 aromatic rings. The summed E-state index contributed by atoms with van der Waals surface area (Å²) in [6, 6.07) is 22.1. The Morgan fingerprint density at radius 3 is 2.00 bits per heavy atom. The molecule has 0 aromatic heterocycles. The summed E-state index contributed by atoms with van der Waals surface area (Å²) in [5.74, 6) is 1.87. The molecule has 1 saturated heterocycles. The number of anilines is 2. The second-order valence-electron chi connectivity index (χ2n) is 6.70. The number of nitrogens with one attached hydrogen (secondary N) is 2. The number of amides is 2. The fraction of sp³-hybridized carbons (Fsp3) is 0.130. The van der Waals surface area contributed by atoms with Crippen LogP contribution in [0.1, 0.15) is 30.9 Å². The van der Waals surface area contributed by atoms with Gasteiger partial charge in [-0.05, 0) is 54.1 Å². The maximum Gasteiger partial charge on any atom is 0.255 e. The van der Waals surface area contributed by atoms with Crippen LogP contribution >= 0.6 is 39.5 Å². The monoisotopic (exact) mass is 498 g/mol. The molecule has 2 amide bonds. The summed E-state index contributed by atoms with van der Waals surface area (Å²) < 4.78 is 1.26. The van der Waals surface area contributed by atoms with E-state index < -0.39 is 0 Å². The van der Waals surface area contributed by atoms with Gasteiger partial charge in [-0.1, -0.05) is 40.2 Å². The second kappa shape index (κ2) is 9.73. The number of rotatable bonds is 5. The van der Waals surface area contributed by atoms with Gasteiger partial charge in [-0.15, -0.1) is 23.5 Å². The Balaban J connectivity index is 1.45. The van der Waals surface area contributed by atoms with Gasteiger partial charge in [0.05, 0.1) is 4.58 Å². The smallest absolute Gasteiger partial charge is 0.255 e. The summed E-state index contributed by atoms with van der Waals surface area (Å²) in [4.78, 5) is 25.2. The average molecular weight is 499 g/mol. The Morgan fingerprint density at radius 1 is 0.767 bits per heavy atom. The summed E-state index contributed by atoms with van der Waals surface area (Å²) in [7, 11) is 0. The van der Waals surface area contributed by atoms with Crippen LogP contribution in [0, 0.1) is 0 Å². The molecule has 1 heterocycles. The molecular formula is C23H19BrN2O2S2. The number of benzene rings is 3. The molecule has 30 heavy (non-hydrogen) atoms. The minimum atomic E-state index is -0.229. The molecule has 0 aliphatic carbocycles. The van der Waals surface area contributed by atoms with E-state index in [2.05, 4.69) is 32.6 Å². The third kappa shape index (κ3) is 5.28. The lowest BCUT2D eigenvalue weighted by Crippen LogP contribution is -2.14. The van der Waals surface area contributed by atoms with Gasteiger partial charge >= 0.3 is 0 Å². The highest BCUT2D eigenvalue weighted by atomic mass is 79.9. The minimum Gasteiger partial charge on any atom is -0.322 e. The third-order valence-electron chi connectivity index (χ3n) is 4.51. The van der Waals surface area contributed by atoms with Crippen LogP contribution in [0.4, 0.5) is 11.4 Å². The number of thioether (sulfide) groups is 2. The standard InChI is InChI=1S/C23H19BrN2O2S2/c24-18-7-1-4-15(12-18)21(27)25-19-8-2-5-16(13-19)22(28)26-20-9-3-6-17(14-20)23-29-10-11-30-23/h1-9,12-14,23H,10-11H2,(H,25,27)(H,26,28). The van der Waals surface area contributed by atoms with E-state index >= 15 is 0 Å². The molecule has 0 bridgehead atoms. The topological polar surface area (TPSA) is 58.2 Å². The molecule has 4 nitrogen and oxygen atoms in total. The molecule has 0 unspecified atom stereocenters. The minimum absolute atomic E-state index is 0.211. The highest BCUT2D eigenvalue weighted by Gasteiger charge is 2.18. The van der Waals surface area contributed by atoms with E-state index in [1.54, 1.807) is 42.5 Å². The van der Waals surface area contributed by atoms with Gasteiger partial charge in [0, 0.05) is 38.5 Å². The molecule has 3 aromatic carbocycles. The molecule has 4 rings (SSSR count). The van der Waals surface area contributed by atoms with E-state index in [0.717, 1.165) is 21.7 Å². The maximum atomic E-state index is 12.8. The highest BCUT2D eigenvalue weighted by Crippen LogP contribution is 2.45. The molecular weight excluding hydrogens is 480 g/mol. The Bertz CT molecular complexity index is 1080. The molecule has 2 N–H and O–H groups in total. The summed E-state index contributed by atoms with van der Waals surface area (Å²) in [5, 5.41) is 5.81. The summed E-state index contributed by atoms with van der Waals surface area (Å²) in [6.45, 7) is 0. The van der Waals surface area contributed by atoms with Gasteiger partial charge in [0.1, 0.15) is 0 Å². The largest absolute Gasteiger partial charge is 0.322 e. The van der Waals surface area contributed by atoms with E-state index in [0.29, 0.717) is 21.4 Å². The Labute approximate surface area is 192 Å². The molecule has 0 radical (unpaired) electrons. The SMILES string of the molecule is O=C(Nc1cccc(C(=O)Nc2cccc(C3SCCS3)c2)c1)c1cccc(Br)c1. The van der Waals surface area contributed by atoms with Crippen molar-refractivity contribution in [1.82, 2.24) is 0 Å². The Hall–Kier alpha value is -2.22. The van der Waals surface area contributed by atoms with Crippen LogP contribution in [0.25, 0.3) is 0 Å². The number of hydrogen-bond acceptors (Lipinski definition) is 4. The van der Waals surface area contributed by atoms with Crippen LogP contribution in [0.5, 0.6) is 0 Å². The van der Waals surface area contributed by atoms with Crippen LogP contribution in [0.3, 0.4) is 0 Å². The zero-order chi connectivity index (χ0) is 20.9. The van der Waals surface area contributed by atoms with Gasteiger partial charge in [-0.25, -0.2) is 0 Å². The molecule has 152 valence electrons. The van der Waals surface area contributed by atoms with Crippen LogP contribution in [0.15, 0.2) is 77.3 Å². The zero-order valence-corrected chi connectivity index (χ0v) is 19.1. The first-order valence-corrected chi connectivity index (χ1v) is 12.3. The van der Waals surface area contributed by atoms with Crippen molar-refractivity contribution in [2.24, 2.45) is 0 Å². The number of hydrogen-bond donors (Lipinski definition) is 2. The van der Waals surface area contributed by atoms with Crippen LogP contribution in [-0.4, -0.2) is 23.3 Å². The van der Waals surface area contributed by atoms with Crippen molar-refractivity contribution in [3.63, 3.8) is 0 Å². The van der Waals surface area contributed by atoms with E-state index in [1.807, 2.05) is 47.8 Å². The predicted octanol–water partition coefficient (Wildman–Crippen LogP) is 6.43. The van der Waals surface area contributed by atoms with Crippen molar-refractivity contribution in [3.05, 3.63) is 94.0 Å². The fourth-order valence-corrected chi connectivity index (χ4v) is 6.33. The van der Waals surface area contributed by atoms with Gasteiger partial charge in [0.25, 0.3) is 11.8 Å². The number of carbonyl (C=O) groups is 2. The van der Waals surface area contributed by atoms with Crippen molar-refractivity contribution in [2.45, 2.75) is 4.58 Å². The van der Waals surface area contributed by atoms with E-state index in [9.17, 15) is 9.59 Å². The second-order valence-corrected chi connectivity index (χ2v) is 10.3. The van der Waals surface area contributed by atoms with Crippen LogP contribution < -0.4 is 10.6 Å². The van der Waals surface area contributed by atoms with Gasteiger partial charge < -0.3 is 10.6 Å². The fourth-order valence-electron chi connectivity index (χ4n) is 3.09. The van der Waals surface area contributed by atoms with Crippen LogP contribution in [-0.2, 0) is 0 Å². The normalized spacial score (nSPS) is 13.8. The molecule has 1 fully saturated rings. The van der Waals surface area contributed by atoms with Gasteiger partial charge in [-0.2, -0.15) is 0 Å². The predicted molar refractivity (Wildman–Crippen MR) is 131 cm³/mol. The van der Waals surface area contributed by atoms with Crippen molar-refractivity contribution in [2.75, 3.05) is 22.1 Å². The summed E-state index contributed by atoms with van der Waals surface area (Å²) in [6.07, 6.45) is 0. The number of halogens is 1. The van der Waals surface area contributed by atoms with Crippen molar-refractivity contribution in [1.29, 1.82) is 0 Å². The third-order valence-corrected chi connectivity index (χ3v) is 8.11. The Morgan fingerprint density at radius 2 is 1.33 bits per heavy atom. The summed E-state index contributed by atoms with van der Waals surface area (Å²) in [5.41, 5.74) is 3.58. The average Bonchev–Trinajstić information content (AvgIpc) is 3.29. The van der Waals surface area contributed by atoms with Gasteiger partial charge in [0.15, 0.2) is 0 Å². The first-order chi connectivity index (χ1) is 14.6. The van der Waals surface area contributed by atoms with E-state index in [1.165, 1.54) is 5.56 Å². The lowest BCUT2D eigenvalue weighted by atomic mass is 10.1. The summed E-state index contributed by atoms with van der Waals surface area (Å²) >= 11 is 7.24. The zero-order valence-electron chi connectivity index (χ0n) is 15.9. The lowest BCUT2D eigenvalue weighted by molar-refractivity contribution is 0.101. The quantitative estimate of drug-likeness (QED) is 0.425. The molecule has 0 saturated carbocycles. The highest BCUT2D eigenvalue weighted by molar-refractivity contribution is 9.10. The van der Waals surface area contributed by atoms with Crippen molar-refractivity contribution in [3.8, 4) is 0 Å². The molecule has 0 spiro atoms. The van der Waals surface area contributed by atoms with Crippen molar-refractivity contribution >= 4 is 62.6 Å². The van der Waals surface area contributed by atoms with Crippen LogP contribution in [0.2, 0.25) is 0 Å². The molecule has 1 aliphatic heterocycles. The number of carbonyl (C=O) groups excluding carboxylic acids is 2. The molecule has 1 aliphatic rings. The Kier molecular flexibility index (Phi) is 6.82. The lowest BCUT2D eigenvalue weighted by Gasteiger charge is -2.12. The van der Waals surface area contributed by atoms with Gasteiger partial charge in [0.2, 0.25) is 0 Å². The first kappa shape index (κ1) is 21.0. The van der Waals surface area contributed by atoms with Gasteiger partial charge in [-0.3, -0.25) is 9.59 Å². The maximum absolute atomic E-state index is 12.8. The first-order valence-electron chi connectivity index (χ1n) is 9.40. The van der Waals surface area contributed by atoms with E-state index in [-0.39, 0.29) is 11.8 Å². The van der Waals surface area contributed by atoms with E-state index in [4.69, 9.17) is 0 Å². The van der Waals surface area contributed by atoms with Crippen molar-refractivity contribution < 1.29 is 9.59 Å².